The summed E-state index contributed by atoms with van der Waals surface area (Å²) in [5.74, 6) is 1.64. The molecule has 1 unspecified atom stereocenters. The van der Waals surface area contributed by atoms with Crippen molar-refractivity contribution in [2.45, 2.75) is 97.2 Å². The van der Waals surface area contributed by atoms with Gasteiger partial charge in [-0.3, -0.25) is 0 Å². The van der Waals surface area contributed by atoms with E-state index in [0.29, 0.717) is 11.3 Å². The third kappa shape index (κ3) is 5.14. The third-order valence-electron chi connectivity index (χ3n) is 8.35. The fourth-order valence-corrected chi connectivity index (χ4v) is 5.77. The summed E-state index contributed by atoms with van der Waals surface area (Å²) in [4.78, 5) is 0. The van der Waals surface area contributed by atoms with E-state index in [1.165, 1.54) is 37.7 Å². The molecule has 0 spiro atoms. The van der Waals surface area contributed by atoms with E-state index in [1.807, 2.05) is 13.8 Å². The first kappa shape index (κ1) is 22.6. The van der Waals surface area contributed by atoms with E-state index in [9.17, 15) is 10.2 Å². The van der Waals surface area contributed by atoms with Crippen LogP contribution in [0.2, 0.25) is 0 Å². The Labute approximate surface area is 178 Å². The minimum Gasteiger partial charge on any atom is -0.390 e. The second-order valence-corrected chi connectivity index (χ2v) is 10.7. The second kappa shape index (κ2) is 8.94. The highest BCUT2D eigenvalue weighted by Gasteiger charge is 2.48. The molecule has 162 valence electrons. The topological polar surface area (TPSA) is 40.5 Å². The number of hydrogen-bond acceptors (Lipinski definition) is 2. The molecule has 0 aromatic carbocycles. The van der Waals surface area contributed by atoms with Gasteiger partial charge in [-0.05, 0) is 94.5 Å². The van der Waals surface area contributed by atoms with Crippen LogP contribution in [-0.4, -0.2) is 21.9 Å². The number of aliphatic hydroxyl groups is 2. The van der Waals surface area contributed by atoms with Crippen LogP contribution in [0.25, 0.3) is 0 Å². The lowest BCUT2D eigenvalue weighted by Gasteiger charge is -2.42. The molecular formula is C27H42O2. The van der Waals surface area contributed by atoms with Crippen molar-refractivity contribution in [1.82, 2.24) is 0 Å². The molecule has 29 heavy (non-hydrogen) atoms. The summed E-state index contributed by atoms with van der Waals surface area (Å²) in [6, 6.07) is 0. The lowest BCUT2D eigenvalue weighted by molar-refractivity contribution is 0.0439. The van der Waals surface area contributed by atoms with Crippen molar-refractivity contribution >= 4 is 0 Å². The lowest BCUT2D eigenvalue weighted by atomic mass is 9.63. The predicted octanol–water partition coefficient (Wildman–Crippen LogP) is 6.51. The summed E-state index contributed by atoms with van der Waals surface area (Å²) < 4.78 is 0. The van der Waals surface area contributed by atoms with E-state index < -0.39 is 5.60 Å². The first-order chi connectivity index (χ1) is 13.6. The van der Waals surface area contributed by atoms with Gasteiger partial charge in [0.2, 0.25) is 0 Å². The van der Waals surface area contributed by atoms with Gasteiger partial charge < -0.3 is 10.2 Å². The van der Waals surface area contributed by atoms with E-state index >= 15 is 0 Å². The predicted molar refractivity (Wildman–Crippen MR) is 123 cm³/mol. The largest absolute Gasteiger partial charge is 0.390 e. The minimum atomic E-state index is -0.647. The molecule has 0 bridgehead atoms. The first-order valence-electron chi connectivity index (χ1n) is 11.7. The zero-order chi connectivity index (χ0) is 21.2. The van der Waals surface area contributed by atoms with E-state index in [-0.39, 0.29) is 12.0 Å². The SMILES string of the molecule is C=C1CC/C(=C/C=C2\CCC[C@]3(C)C(C/C=C/[C@@H](C)C(C)(C)O)CC[C@@H]23)C[C@H]1O. The Morgan fingerprint density at radius 2 is 1.97 bits per heavy atom. The molecule has 2 N–H and O–H groups in total. The molecule has 3 aliphatic rings. The van der Waals surface area contributed by atoms with E-state index in [0.717, 1.165) is 37.2 Å². The van der Waals surface area contributed by atoms with Crippen LogP contribution in [0, 0.1) is 23.2 Å². The number of fused-ring (bicyclic) bond motifs is 1. The Hall–Kier alpha value is -1.12. The van der Waals surface area contributed by atoms with Gasteiger partial charge in [-0.25, -0.2) is 0 Å². The molecule has 0 aliphatic heterocycles. The van der Waals surface area contributed by atoms with Crippen molar-refractivity contribution in [3.63, 3.8) is 0 Å². The molecule has 3 fully saturated rings. The van der Waals surface area contributed by atoms with Crippen molar-refractivity contribution in [3.8, 4) is 0 Å². The molecule has 0 amide bonds. The summed E-state index contributed by atoms with van der Waals surface area (Å²) in [7, 11) is 0. The quantitative estimate of drug-likeness (QED) is 0.518. The number of aliphatic hydroxyl groups excluding tert-OH is 1. The van der Waals surface area contributed by atoms with Crippen LogP contribution in [-0.2, 0) is 0 Å². The van der Waals surface area contributed by atoms with Gasteiger partial charge in [0.15, 0.2) is 0 Å². The smallest absolute Gasteiger partial charge is 0.0784 e. The maximum atomic E-state index is 10.2. The highest BCUT2D eigenvalue weighted by atomic mass is 16.3. The highest BCUT2D eigenvalue weighted by molar-refractivity contribution is 5.28. The van der Waals surface area contributed by atoms with Gasteiger partial charge in [0, 0.05) is 5.92 Å². The fourth-order valence-electron chi connectivity index (χ4n) is 5.77. The highest BCUT2D eigenvalue weighted by Crippen LogP contribution is 2.58. The summed E-state index contributed by atoms with van der Waals surface area (Å²) in [6.07, 6.45) is 19.3. The molecule has 2 heteroatoms. The standard InChI is InChI=1S/C27H42O2/c1-19-11-12-21(18-25(19)28)13-14-22-9-7-17-27(5)23(15-16-24(22)27)10-6-8-20(2)26(3,4)29/h6,8,13-14,20,23-25,28-29H,1,7,9-12,15-18H2,2-5H3/b8-6+,21-13-,22-14+/t20-,23?,24+,25-,27-/m1/s1. The third-order valence-corrected chi connectivity index (χ3v) is 8.35. The van der Waals surface area contributed by atoms with Crippen LogP contribution in [0.4, 0.5) is 0 Å². The van der Waals surface area contributed by atoms with E-state index in [4.69, 9.17) is 0 Å². The normalized spacial score (nSPS) is 37.4. The molecule has 3 aliphatic carbocycles. The molecule has 0 aromatic heterocycles. The van der Waals surface area contributed by atoms with Crippen molar-refractivity contribution in [3.05, 3.63) is 47.6 Å². The van der Waals surface area contributed by atoms with Crippen LogP contribution >= 0.6 is 0 Å². The summed E-state index contributed by atoms with van der Waals surface area (Å²) in [5.41, 5.74) is 3.77. The van der Waals surface area contributed by atoms with Crippen LogP contribution in [0.5, 0.6) is 0 Å². The molecule has 0 aromatic rings. The molecule has 2 nitrogen and oxygen atoms in total. The Kier molecular flexibility index (Phi) is 6.95. The van der Waals surface area contributed by atoms with E-state index in [1.54, 1.807) is 5.57 Å². The second-order valence-electron chi connectivity index (χ2n) is 10.7. The molecule has 0 radical (unpaired) electrons. The molecule has 3 rings (SSSR count). The van der Waals surface area contributed by atoms with Crippen LogP contribution < -0.4 is 0 Å². The number of allylic oxidation sites excluding steroid dienone is 4. The molecule has 5 atom stereocenters. The van der Waals surface area contributed by atoms with Gasteiger partial charge in [-0.1, -0.05) is 55.9 Å². The van der Waals surface area contributed by atoms with Gasteiger partial charge in [0.25, 0.3) is 0 Å². The van der Waals surface area contributed by atoms with Gasteiger partial charge >= 0.3 is 0 Å². The van der Waals surface area contributed by atoms with Crippen molar-refractivity contribution in [2.24, 2.45) is 23.2 Å². The van der Waals surface area contributed by atoms with Crippen LogP contribution in [0.3, 0.4) is 0 Å². The van der Waals surface area contributed by atoms with Gasteiger partial charge in [-0.15, -0.1) is 0 Å². The van der Waals surface area contributed by atoms with Crippen LogP contribution in [0.15, 0.2) is 47.6 Å². The average Bonchev–Trinajstić information content (AvgIpc) is 2.99. The number of rotatable bonds is 5. The van der Waals surface area contributed by atoms with Crippen LogP contribution in [0.1, 0.15) is 85.5 Å². The fraction of sp³-hybridized carbons (Fsp3) is 0.704. The monoisotopic (exact) mass is 398 g/mol. The van der Waals surface area contributed by atoms with Gasteiger partial charge in [0.05, 0.1) is 11.7 Å². The van der Waals surface area contributed by atoms with Crippen molar-refractivity contribution < 1.29 is 10.2 Å². The Bertz CT molecular complexity index is 690. The number of hydrogen-bond donors (Lipinski definition) is 2. The first-order valence-corrected chi connectivity index (χ1v) is 11.7. The lowest BCUT2D eigenvalue weighted by Crippen LogP contribution is -2.33. The Balaban J connectivity index is 1.67. The van der Waals surface area contributed by atoms with Gasteiger partial charge in [0.1, 0.15) is 0 Å². The minimum absolute atomic E-state index is 0.183. The molecule has 0 saturated heterocycles. The summed E-state index contributed by atoms with van der Waals surface area (Å²) >= 11 is 0. The molecule has 0 heterocycles. The Morgan fingerprint density at radius 1 is 1.21 bits per heavy atom. The molecular weight excluding hydrogens is 356 g/mol. The zero-order valence-electron chi connectivity index (χ0n) is 19.1. The zero-order valence-corrected chi connectivity index (χ0v) is 19.1. The maximum absolute atomic E-state index is 10.2. The van der Waals surface area contributed by atoms with Gasteiger partial charge in [-0.2, -0.15) is 0 Å². The van der Waals surface area contributed by atoms with Crippen molar-refractivity contribution in [2.75, 3.05) is 0 Å². The molecule has 3 saturated carbocycles. The summed E-state index contributed by atoms with van der Waals surface area (Å²) in [6.45, 7) is 12.4. The maximum Gasteiger partial charge on any atom is 0.0784 e. The van der Waals surface area contributed by atoms with E-state index in [2.05, 4.69) is 44.7 Å². The summed E-state index contributed by atoms with van der Waals surface area (Å²) in [5, 5.41) is 20.3. The van der Waals surface area contributed by atoms with Crippen molar-refractivity contribution in [1.29, 1.82) is 0 Å². The Morgan fingerprint density at radius 3 is 2.66 bits per heavy atom. The average molecular weight is 399 g/mol.